The van der Waals surface area contributed by atoms with E-state index in [9.17, 15) is 9.18 Å². The molecule has 1 aliphatic rings. The molecule has 160 valence electrons. The van der Waals surface area contributed by atoms with Crippen molar-refractivity contribution in [3.63, 3.8) is 0 Å². The fourth-order valence-electron chi connectivity index (χ4n) is 3.58. The molecule has 0 radical (unpaired) electrons. The van der Waals surface area contributed by atoms with E-state index in [4.69, 9.17) is 0 Å². The van der Waals surface area contributed by atoms with E-state index in [1.165, 1.54) is 6.07 Å². The van der Waals surface area contributed by atoms with Crippen LogP contribution in [0.2, 0.25) is 0 Å². The first-order chi connectivity index (χ1) is 13.6. The molecule has 1 aromatic heterocycles. The summed E-state index contributed by atoms with van der Waals surface area (Å²) >= 11 is 0. The second-order valence-electron chi connectivity index (χ2n) is 7.12. The summed E-state index contributed by atoms with van der Waals surface area (Å²) in [6.45, 7) is 2.95. The number of fused-ring (bicyclic) bond motifs is 1. The maximum absolute atomic E-state index is 13.5. The highest BCUT2D eigenvalue weighted by Gasteiger charge is 2.21. The fourth-order valence-corrected chi connectivity index (χ4v) is 3.58. The number of aliphatic imine (C=N–C) groups is 1. The van der Waals surface area contributed by atoms with Crippen LogP contribution in [0.5, 0.6) is 0 Å². The third-order valence-corrected chi connectivity index (χ3v) is 5.21. The van der Waals surface area contributed by atoms with Crippen LogP contribution in [0.4, 0.5) is 4.39 Å². The highest BCUT2D eigenvalue weighted by atomic mass is 127. The van der Waals surface area contributed by atoms with E-state index in [2.05, 4.69) is 30.8 Å². The van der Waals surface area contributed by atoms with Crippen molar-refractivity contribution < 1.29 is 9.18 Å². The summed E-state index contributed by atoms with van der Waals surface area (Å²) in [4.78, 5) is 21.1. The monoisotopic (exact) mass is 516 g/mol. The summed E-state index contributed by atoms with van der Waals surface area (Å²) in [7, 11) is 3.43. The summed E-state index contributed by atoms with van der Waals surface area (Å²) in [5.74, 6) is 0.610. The number of aromatic nitrogens is 1. The molecule has 2 heterocycles. The predicted molar refractivity (Wildman–Crippen MR) is 125 cm³/mol. The van der Waals surface area contributed by atoms with Gasteiger partial charge >= 0.3 is 0 Å². The molecule has 4 N–H and O–H groups in total. The molecular formula is C20H30FIN6O. The number of nitrogens with zero attached hydrogens (tertiary/aromatic N) is 2. The zero-order valence-electron chi connectivity index (χ0n) is 16.9. The Kier molecular flexibility index (Phi) is 9.15. The minimum Gasteiger partial charge on any atom is -0.361 e. The second kappa shape index (κ2) is 11.3. The number of H-pyrrole nitrogens is 1. The molecule has 1 aliphatic heterocycles. The van der Waals surface area contributed by atoms with Gasteiger partial charge < -0.3 is 20.9 Å². The van der Waals surface area contributed by atoms with Crippen molar-refractivity contribution >= 4 is 46.7 Å². The molecule has 2 aromatic rings. The molecule has 1 amide bonds. The van der Waals surface area contributed by atoms with Gasteiger partial charge in [-0.3, -0.25) is 14.7 Å². The number of nitrogens with one attached hydrogen (secondary N) is 4. The van der Waals surface area contributed by atoms with Gasteiger partial charge in [0, 0.05) is 56.9 Å². The molecule has 0 unspecified atom stereocenters. The van der Waals surface area contributed by atoms with Gasteiger partial charge in [0.25, 0.3) is 0 Å². The van der Waals surface area contributed by atoms with E-state index < -0.39 is 0 Å². The molecule has 0 bridgehead atoms. The number of rotatable bonds is 6. The van der Waals surface area contributed by atoms with Gasteiger partial charge in [0.1, 0.15) is 5.82 Å². The minimum absolute atomic E-state index is 0. The number of benzene rings is 1. The van der Waals surface area contributed by atoms with E-state index in [1.807, 2.05) is 6.20 Å². The summed E-state index contributed by atoms with van der Waals surface area (Å²) in [5.41, 5.74) is 2.03. The van der Waals surface area contributed by atoms with Gasteiger partial charge in [0.2, 0.25) is 5.91 Å². The van der Waals surface area contributed by atoms with Crippen molar-refractivity contribution in [2.75, 3.05) is 40.3 Å². The Hall–Kier alpha value is -1.88. The van der Waals surface area contributed by atoms with Crippen molar-refractivity contribution in [3.8, 4) is 0 Å². The van der Waals surface area contributed by atoms with E-state index >= 15 is 0 Å². The van der Waals surface area contributed by atoms with Crippen LogP contribution in [0.15, 0.2) is 29.4 Å². The molecule has 0 saturated carbocycles. The Morgan fingerprint density at radius 3 is 2.79 bits per heavy atom. The lowest BCUT2D eigenvalue weighted by Gasteiger charge is -2.32. The molecule has 1 aromatic carbocycles. The number of likely N-dealkylation sites (N-methyl/N-ethyl adjacent to an activating group) is 1. The van der Waals surface area contributed by atoms with Crippen LogP contribution in [0.25, 0.3) is 10.9 Å². The quantitative estimate of drug-likeness (QED) is 0.268. The van der Waals surface area contributed by atoms with Gasteiger partial charge in [-0.25, -0.2) is 4.39 Å². The molecular weight excluding hydrogens is 486 g/mol. The lowest BCUT2D eigenvalue weighted by molar-refractivity contribution is -0.122. The van der Waals surface area contributed by atoms with Gasteiger partial charge in [0.15, 0.2) is 5.96 Å². The normalized spacial score (nSPS) is 15.8. The van der Waals surface area contributed by atoms with Crippen LogP contribution in [0.3, 0.4) is 0 Å². The van der Waals surface area contributed by atoms with E-state index in [-0.39, 0.29) is 35.7 Å². The number of carbonyl (C=O) groups is 1. The van der Waals surface area contributed by atoms with E-state index in [0.29, 0.717) is 19.1 Å². The van der Waals surface area contributed by atoms with Crippen LogP contribution in [-0.4, -0.2) is 68.1 Å². The standard InChI is InChI=1S/C20H29FN6O.HI/c1-22-19(28)13-27-9-6-16(7-10-27)26-20(23-2)24-8-5-14-12-25-18-4-3-15(21)11-17(14)18;/h3-4,11-12,16,25H,5-10,13H2,1-2H3,(H,22,28)(H2,23,24,26);1H. The fraction of sp³-hybridized carbons (Fsp3) is 0.500. The van der Waals surface area contributed by atoms with Crippen molar-refractivity contribution in [3.05, 3.63) is 35.8 Å². The first-order valence-electron chi connectivity index (χ1n) is 9.74. The zero-order chi connectivity index (χ0) is 19.9. The molecule has 0 atom stereocenters. The Labute approximate surface area is 187 Å². The number of likely N-dealkylation sites (tertiary alicyclic amines) is 1. The maximum Gasteiger partial charge on any atom is 0.233 e. The second-order valence-corrected chi connectivity index (χ2v) is 7.12. The number of guanidine groups is 1. The predicted octanol–water partition coefficient (Wildman–Crippen LogP) is 1.84. The third kappa shape index (κ3) is 6.56. The van der Waals surface area contributed by atoms with E-state index in [0.717, 1.165) is 54.8 Å². The van der Waals surface area contributed by atoms with Gasteiger partial charge in [-0.05, 0) is 43.0 Å². The van der Waals surface area contributed by atoms with Crippen LogP contribution < -0.4 is 16.0 Å². The Balaban J connectivity index is 0.00000300. The Bertz CT molecular complexity index is 831. The summed E-state index contributed by atoms with van der Waals surface area (Å²) < 4.78 is 13.5. The van der Waals surface area contributed by atoms with Crippen molar-refractivity contribution in [1.82, 2.24) is 25.8 Å². The number of piperidine rings is 1. The summed E-state index contributed by atoms with van der Waals surface area (Å²) in [5, 5.41) is 10.4. The number of hydrogen-bond acceptors (Lipinski definition) is 3. The molecule has 7 nitrogen and oxygen atoms in total. The molecule has 0 spiro atoms. The number of hydrogen-bond donors (Lipinski definition) is 4. The Morgan fingerprint density at radius 2 is 2.10 bits per heavy atom. The third-order valence-electron chi connectivity index (χ3n) is 5.21. The SMILES string of the molecule is CN=C(NCCc1c[nH]c2ccc(F)cc12)NC1CCN(CC(=O)NC)CC1.I. The van der Waals surface area contributed by atoms with Crippen molar-refractivity contribution in [1.29, 1.82) is 0 Å². The van der Waals surface area contributed by atoms with Gasteiger partial charge in [-0.15, -0.1) is 24.0 Å². The highest BCUT2D eigenvalue weighted by Crippen LogP contribution is 2.19. The molecule has 9 heteroatoms. The minimum atomic E-state index is -0.221. The van der Waals surface area contributed by atoms with Crippen LogP contribution >= 0.6 is 24.0 Å². The maximum atomic E-state index is 13.5. The van der Waals surface area contributed by atoms with Crippen LogP contribution in [0, 0.1) is 5.82 Å². The summed E-state index contributed by atoms with van der Waals surface area (Å²) in [6, 6.07) is 5.14. The number of aromatic amines is 1. The molecule has 1 fully saturated rings. The van der Waals surface area contributed by atoms with Crippen LogP contribution in [-0.2, 0) is 11.2 Å². The van der Waals surface area contributed by atoms with Gasteiger partial charge in [-0.1, -0.05) is 0 Å². The van der Waals surface area contributed by atoms with Crippen LogP contribution in [0.1, 0.15) is 18.4 Å². The Morgan fingerprint density at radius 1 is 1.34 bits per heavy atom. The topological polar surface area (TPSA) is 84.6 Å². The molecule has 1 saturated heterocycles. The van der Waals surface area contributed by atoms with Crippen molar-refractivity contribution in [2.45, 2.75) is 25.3 Å². The highest BCUT2D eigenvalue weighted by molar-refractivity contribution is 14.0. The number of carbonyl (C=O) groups excluding carboxylic acids is 1. The number of halogens is 2. The smallest absolute Gasteiger partial charge is 0.233 e. The van der Waals surface area contributed by atoms with Gasteiger partial charge in [-0.2, -0.15) is 0 Å². The lowest BCUT2D eigenvalue weighted by atomic mass is 10.1. The molecule has 29 heavy (non-hydrogen) atoms. The number of amides is 1. The first kappa shape index (κ1) is 23.4. The zero-order valence-corrected chi connectivity index (χ0v) is 19.3. The largest absolute Gasteiger partial charge is 0.361 e. The van der Waals surface area contributed by atoms with Gasteiger partial charge in [0.05, 0.1) is 6.54 Å². The molecule has 0 aliphatic carbocycles. The summed E-state index contributed by atoms with van der Waals surface area (Å²) in [6.07, 6.45) is 4.65. The molecule has 3 rings (SSSR count). The average Bonchev–Trinajstić information content (AvgIpc) is 3.10. The van der Waals surface area contributed by atoms with E-state index in [1.54, 1.807) is 26.2 Å². The first-order valence-corrected chi connectivity index (χ1v) is 9.74. The average molecular weight is 516 g/mol. The lowest BCUT2D eigenvalue weighted by Crippen LogP contribution is -2.50. The van der Waals surface area contributed by atoms with Crippen molar-refractivity contribution in [2.24, 2.45) is 4.99 Å².